The molecule has 1 N–H and O–H groups in total. The maximum absolute atomic E-state index is 13.1. The van der Waals surface area contributed by atoms with Crippen LogP contribution in [0.1, 0.15) is 52.8 Å². The molecule has 0 amide bonds. The van der Waals surface area contributed by atoms with E-state index in [2.05, 4.69) is 4.90 Å². The van der Waals surface area contributed by atoms with Gasteiger partial charge in [0.25, 0.3) is 0 Å². The van der Waals surface area contributed by atoms with Crippen LogP contribution in [0.4, 0.5) is 4.39 Å². The summed E-state index contributed by atoms with van der Waals surface area (Å²) in [6.07, 6.45) is 3.48. The van der Waals surface area contributed by atoms with Crippen LogP contribution < -0.4 is 9.47 Å². The molecule has 6 nitrogen and oxygen atoms in total. The summed E-state index contributed by atoms with van der Waals surface area (Å²) < 4.78 is 23.3. The second-order valence-electron chi connectivity index (χ2n) is 8.06. The molecule has 1 fully saturated rings. The summed E-state index contributed by atoms with van der Waals surface area (Å²) in [6.45, 7) is 2.53. The summed E-state index contributed by atoms with van der Waals surface area (Å²) >= 11 is 0. The van der Waals surface area contributed by atoms with Crippen LogP contribution >= 0.6 is 0 Å². The Hall–Kier alpha value is -2.93. The number of Topliss-reactive ketones (excluding diaryl/α,β-unsaturated/α-hetero) is 2. The van der Waals surface area contributed by atoms with Gasteiger partial charge in [-0.15, -0.1) is 0 Å². The quantitative estimate of drug-likeness (QED) is 0.431. The van der Waals surface area contributed by atoms with Crippen molar-refractivity contribution in [3.8, 4) is 17.2 Å². The van der Waals surface area contributed by atoms with Crippen molar-refractivity contribution in [3.63, 3.8) is 0 Å². The molecule has 2 aromatic rings. The second-order valence-corrected chi connectivity index (χ2v) is 8.06. The van der Waals surface area contributed by atoms with Gasteiger partial charge in [-0.3, -0.25) is 9.59 Å². The maximum Gasteiger partial charge on any atom is 0.203 e. The molecular formula is C25H30FNO5. The van der Waals surface area contributed by atoms with Gasteiger partial charge < -0.3 is 19.5 Å². The number of phenols is 1. The van der Waals surface area contributed by atoms with Crippen LogP contribution in [0.2, 0.25) is 0 Å². The average molecular weight is 444 g/mol. The third-order valence-electron chi connectivity index (χ3n) is 6.04. The number of benzene rings is 2. The Morgan fingerprint density at radius 2 is 1.72 bits per heavy atom. The fourth-order valence-corrected chi connectivity index (χ4v) is 4.16. The molecule has 32 heavy (non-hydrogen) atoms. The molecule has 0 atom stereocenters. The van der Waals surface area contributed by atoms with E-state index >= 15 is 0 Å². The Labute approximate surface area is 187 Å². The molecule has 1 aliphatic rings. The van der Waals surface area contributed by atoms with Crippen molar-refractivity contribution in [2.75, 3.05) is 33.9 Å². The van der Waals surface area contributed by atoms with E-state index in [1.807, 2.05) is 0 Å². The van der Waals surface area contributed by atoms with E-state index in [1.54, 1.807) is 24.3 Å². The number of likely N-dealkylation sites (tertiary alicyclic amines) is 1. The first-order valence-corrected chi connectivity index (χ1v) is 10.9. The van der Waals surface area contributed by atoms with Crippen LogP contribution in [-0.4, -0.2) is 55.4 Å². The summed E-state index contributed by atoms with van der Waals surface area (Å²) in [6, 6.07) is 8.93. The second kappa shape index (κ2) is 11.1. The van der Waals surface area contributed by atoms with E-state index in [4.69, 9.17) is 9.47 Å². The minimum Gasteiger partial charge on any atom is -0.504 e. The number of nitrogens with zero attached hydrogens (tertiary/aromatic N) is 1. The topological polar surface area (TPSA) is 76.1 Å². The van der Waals surface area contributed by atoms with Crippen molar-refractivity contribution in [2.24, 2.45) is 5.92 Å². The molecule has 172 valence electrons. The number of hydrogen-bond donors (Lipinski definition) is 1. The molecule has 1 aliphatic heterocycles. The van der Waals surface area contributed by atoms with Gasteiger partial charge in [-0.2, -0.15) is 0 Å². The first-order valence-electron chi connectivity index (χ1n) is 10.9. The third kappa shape index (κ3) is 5.65. The highest BCUT2D eigenvalue weighted by molar-refractivity contribution is 5.99. The highest BCUT2D eigenvalue weighted by Gasteiger charge is 2.25. The van der Waals surface area contributed by atoms with E-state index in [9.17, 15) is 19.1 Å². The van der Waals surface area contributed by atoms with E-state index in [0.717, 1.165) is 38.9 Å². The predicted octanol–water partition coefficient (Wildman–Crippen LogP) is 4.50. The lowest BCUT2D eigenvalue weighted by Crippen LogP contribution is -2.37. The van der Waals surface area contributed by atoms with Crippen molar-refractivity contribution in [1.29, 1.82) is 0 Å². The van der Waals surface area contributed by atoms with Gasteiger partial charge in [-0.25, -0.2) is 4.39 Å². The number of methoxy groups -OCH3 is 2. The van der Waals surface area contributed by atoms with Crippen LogP contribution in [-0.2, 0) is 0 Å². The largest absolute Gasteiger partial charge is 0.504 e. The van der Waals surface area contributed by atoms with Crippen LogP contribution in [0.3, 0.4) is 0 Å². The Morgan fingerprint density at radius 1 is 1.03 bits per heavy atom. The van der Waals surface area contributed by atoms with Crippen molar-refractivity contribution in [1.82, 2.24) is 4.90 Å². The number of rotatable bonds is 10. The number of aromatic hydroxyl groups is 1. The Morgan fingerprint density at radius 3 is 2.34 bits per heavy atom. The lowest BCUT2D eigenvalue weighted by molar-refractivity contribution is 0.0836. The van der Waals surface area contributed by atoms with Crippen LogP contribution in [0, 0.1) is 11.7 Å². The summed E-state index contributed by atoms with van der Waals surface area (Å²) in [7, 11) is 2.89. The normalized spacial score (nSPS) is 14.8. The standard InChI is InChI=1S/C25H30FNO5/c1-31-22-11-10-20(24(30)25(22)32-2)21(28)5-3-4-14-27-15-12-18(13-16-27)23(29)17-6-8-19(26)9-7-17/h6-11,18,30H,3-5,12-16H2,1-2H3. The van der Waals surface area contributed by atoms with Crippen molar-refractivity contribution in [3.05, 3.63) is 53.3 Å². The lowest BCUT2D eigenvalue weighted by atomic mass is 9.89. The van der Waals surface area contributed by atoms with E-state index in [0.29, 0.717) is 24.2 Å². The van der Waals surface area contributed by atoms with Gasteiger partial charge in [0.15, 0.2) is 23.1 Å². The van der Waals surface area contributed by atoms with Gasteiger partial charge in [-0.05, 0) is 81.7 Å². The summed E-state index contributed by atoms with van der Waals surface area (Å²) in [4.78, 5) is 27.4. The van der Waals surface area contributed by atoms with E-state index in [-0.39, 0.29) is 40.4 Å². The highest BCUT2D eigenvalue weighted by Crippen LogP contribution is 2.39. The Balaban J connectivity index is 1.41. The smallest absolute Gasteiger partial charge is 0.203 e. The van der Waals surface area contributed by atoms with Gasteiger partial charge in [-0.1, -0.05) is 0 Å². The fourth-order valence-electron chi connectivity index (χ4n) is 4.16. The maximum atomic E-state index is 13.1. The number of unbranched alkanes of at least 4 members (excludes halogenated alkanes) is 1. The zero-order chi connectivity index (χ0) is 23.1. The fraction of sp³-hybridized carbons (Fsp3) is 0.440. The number of carbonyl (C=O) groups excluding carboxylic acids is 2. The van der Waals surface area contributed by atoms with Gasteiger partial charge in [0.05, 0.1) is 19.8 Å². The van der Waals surface area contributed by atoms with Gasteiger partial charge >= 0.3 is 0 Å². The van der Waals surface area contributed by atoms with Crippen molar-refractivity contribution >= 4 is 11.6 Å². The molecule has 7 heteroatoms. The van der Waals surface area contributed by atoms with Crippen molar-refractivity contribution in [2.45, 2.75) is 32.1 Å². The number of piperidine rings is 1. The predicted molar refractivity (Wildman–Crippen MR) is 119 cm³/mol. The molecule has 0 aromatic heterocycles. The Bertz CT molecular complexity index is 936. The molecule has 0 bridgehead atoms. The zero-order valence-corrected chi connectivity index (χ0v) is 18.6. The van der Waals surface area contributed by atoms with Crippen LogP contribution in [0.25, 0.3) is 0 Å². The first-order chi connectivity index (χ1) is 15.4. The van der Waals surface area contributed by atoms with Gasteiger partial charge in [0.1, 0.15) is 5.82 Å². The molecule has 0 aliphatic carbocycles. The molecule has 0 saturated carbocycles. The highest BCUT2D eigenvalue weighted by atomic mass is 19.1. The summed E-state index contributed by atoms with van der Waals surface area (Å²) in [5.74, 6) is -0.0523. The molecular weight excluding hydrogens is 413 g/mol. The molecule has 3 rings (SSSR count). The molecule has 0 unspecified atom stereocenters. The van der Waals surface area contributed by atoms with Crippen molar-refractivity contribution < 1.29 is 28.6 Å². The zero-order valence-electron chi connectivity index (χ0n) is 18.6. The minimum absolute atomic E-state index is 0.0219. The molecule has 1 saturated heterocycles. The number of ether oxygens (including phenoxy) is 2. The van der Waals surface area contributed by atoms with E-state index in [1.165, 1.54) is 26.4 Å². The van der Waals surface area contributed by atoms with Crippen LogP contribution in [0.5, 0.6) is 17.2 Å². The number of ketones is 2. The average Bonchev–Trinajstić information content (AvgIpc) is 2.81. The first kappa shape index (κ1) is 23.7. The third-order valence-corrected chi connectivity index (χ3v) is 6.04. The Kier molecular flexibility index (Phi) is 8.22. The molecule has 0 radical (unpaired) electrons. The minimum atomic E-state index is -0.337. The van der Waals surface area contributed by atoms with Gasteiger partial charge in [0, 0.05) is 17.9 Å². The number of hydrogen-bond acceptors (Lipinski definition) is 6. The number of halogens is 1. The monoisotopic (exact) mass is 443 g/mol. The lowest BCUT2D eigenvalue weighted by Gasteiger charge is -2.31. The van der Waals surface area contributed by atoms with Gasteiger partial charge in [0.2, 0.25) is 5.75 Å². The van der Waals surface area contributed by atoms with Crippen LogP contribution in [0.15, 0.2) is 36.4 Å². The molecule has 1 heterocycles. The molecule has 0 spiro atoms. The number of carbonyl (C=O) groups is 2. The number of phenolic OH excluding ortho intramolecular Hbond substituents is 1. The SMILES string of the molecule is COc1ccc(C(=O)CCCCN2CCC(C(=O)c3ccc(F)cc3)CC2)c(O)c1OC. The summed E-state index contributed by atoms with van der Waals surface area (Å²) in [5, 5.41) is 10.3. The summed E-state index contributed by atoms with van der Waals surface area (Å²) in [5.41, 5.74) is 0.810. The van der Waals surface area contributed by atoms with E-state index < -0.39 is 0 Å². The molecule has 2 aromatic carbocycles.